The van der Waals surface area contributed by atoms with Crippen LogP contribution in [-0.2, 0) is 14.8 Å². The van der Waals surface area contributed by atoms with Gasteiger partial charge in [0.2, 0.25) is 15.9 Å². The van der Waals surface area contributed by atoms with Crippen LogP contribution >= 0.6 is 0 Å². The summed E-state index contributed by atoms with van der Waals surface area (Å²) in [7, 11) is -0.804. The SMILES string of the molecule is COc1ccc(S(=O)(=O)NCCC(=O)NCCC2CCNC2)cc1OC. The molecule has 0 aliphatic carbocycles. The first-order valence-corrected chi connectivity index (χ1v) is 10.1. The molecule has 26 heavy (non-hydrogen) atoms. The fraction of sp³-hybridized carbons (Fsp3) is 0.588. The average molecular weight is 385 g/mol. The van der Waals surface area contributed by atoms with Gasteiger partial charge in [0.1, 0.15) is 0 Å². The smallest absolute Gasteiger partial charge is 0.240 e. The van der Waals surface area contributed by atoms with Crippen molar-refractivity contribution >= 4 is 15.9 Å². The zero-order valence-electron chi connectivity index (χ0n) is 15.2. The lowest BCUT2D eigenvalue weighted by Crippen LogP contribution is -2.31. The summed E-state index contributed by atoms with van der Waals surface area (Å²) in [5.41, 5.74) is 0. The van der Waals surface area contributed by atoms with Gasteiger partial charge in [-0.1, -0.05) is 0 Å². The summed E-state index contributed by atoms with van der Waals surface area (Å²) in [6, 6.07) is 4.34. The van der Waals surface area contributed by atoms with Crippen LogP contribution in [0.2, 0.25) is 0 Å². The molecular formula is C17H27N3O5S. The summed E-state index contributed by atoms with van der Waals surface area (Å²) in [5, 5.41) is 6.12. The van der Waals surface area contributed by atoms with Gasteiger partial charge in [0.15, 0.2) is 11.5 Å². The van der Waals surface area contributed by atoms with Gasteiger partial charge in [-0.05, 0) is 44.0 Å². The second kappa shape index (κ2) is 9.75. The molecule has 0 aromatic heterocycles. The maximum Gasteiger partial charge on any atom is 0.240 e. The molecule has 0 bridgehead atoms. The largest absolute Gasteiger partial charge is 0.493 e. The van der Waals surface area contributed by atoms with Gasteiger partial charge in [-0.2, -0.15) is 0 Å². The first-order chi connectivity index (χ1) is 12.5. The van der Waals surface area contributed by atoms with Crippen LogP contribution in [0.15, 0.2) is 23.1 Å². The van der Waals surface area contributed by atoms with Crippen LogP contribution in [0.25, 0.3) is 0 Å². The molecule has 3 N–H and O–H groups in total. The van der Waals surface area contributed by atoms with Gasteiger partial charge in [-0.15, -0.1) is 0 Å². The van der Waals surface area contributed by atoms with Crippen LogP contribution < -0.4 is 24.8 Å². The van der Waals surface area contributed by atoms with Crippen molar-refractivity contribution in [3.05, 3.63) is 18.2 Å². The first kappa shape index (κ1) is 20.5. The predicted octanol–water partition coefficient (Wildman–Crippen LogP) is 0.488. The molecule has 1 heterocycles. The number of methoxy groups -OCH3 is 2. The van der Waals surface area contributed by atoms with E-state index in [2.05, 4.69) is 15.4 Å². The quantitative estimate of drug-likeness (QED) is 0.541. The minimum absolute atomic E-state index is 0.0352. The van der Waals surface area contributed by atoms with E-state index < -0.39 is 10.0 Å². The molecule has 1 aromatic rings. The molecule has 0 radical (unpaired) electrons. The molecule has 1 aliphatic heterocycles. The van der Waals surface area contributed by atoms with Crippen LogP contribution in [0.4, 0.5) is 0 Å². The number of sulfonamides is 1. The number of rotatable bonds is 10. The van der Waals surface area contributed by atoms with Crippen molar-refractivity contribution in [2.45, 2.75) is 24.2 Å². The van der Waals surface area contributed by atoms with E-state index in [-0.39, 0.29) is 23.8 Å². The van der Waals surface area contributed by atoms with Gasteiger partial charge in [0, 0.05) is 25.6 Å². The van der Waals surface area contributed by atoms with Gasteiger partial charge in [-0.3, -0.25) is 4.79 Å². The van der Waals surface area contributed by atoms with E-state index in [1.165, 1.54) is 32.4 Å². The normalized spacial score (nSPS) is 17.1. The second-order valence-corrected chi connectivity index (χ2v) is 7.93. The van der Waals surface area contributed by atoms with Crippen molar-refractivity contribution in [3.8, 4) is 11.5 Å². The van der Waals surface area contributed by atoms with E-state index >= 15 is 0 Å². The molecular weight excluding hydrogens is 358 g/mol. The number of ether oxygens (including phenoxy) is 2. The third-order valence-corrected chi connectivity index (χ3v) is 5.81. The number of benzene rings is 1. The van der Waals surface area contributed by atoms with Crippen LogP contribution in [0, 0.1) is 5.92 Å². The minimum atomic E-state index is -3.72. The van der Waals surface area contributed by atoms with Gasteiger partial charge in [0.25, 0.3) is 0 Å². The molecule has 2 rings (SSSR count). The number of amides is 1. The van der Waals surface area contributed by atoms with Crippen molar-refractivity contribution < 1.29 is 22.7 Å². The van der Waals surface area contributed by atoms with Crippen molar-refractivity contribution in [3.63, 3.8) is 0 Å². The molecule has 8 nitrogen and oxygen atoms in total. The highest BCUT2D eigenvalue weighted by Crippen LogP contribution is 2.29. The standard InChI is InChI=1S/C17H27N3O5S/c1-24-15-4-3-14(11-16(15)25-2)26(22,23)20-10-7-17(21)19-9-6-13-5-8-18-12-13/h3-4,11,13,18,20H,5-10,12H2,1-2H3,(H,19,21). The molecule has 1 atom stereocenters. The summed E-state index contributed by atoms with van der Waals surface area (Å²) in [6.45, 7) is 2.69. The monoisotopic (exact) mass is 385 g/mol. The van der Waals surface area contributed by atoms with Gasteiger partial charge < -0.3 is 20.1 Å². The highest BCUT2D eigenvalue weighted by molar-refractivity contribution is 7.89. The molecule has 1 amide bonds. The Balaban J connectivity index is 1.77. The summed E-state index contributed by atoms with van der Waals surface area (Å²) < 4.78 is 37.3. The molecule has 1 aliphatic rings. The number of hydrogen-bond donors (Lipinski definition) is 3. The molecule has 0 spiro atoms. The van der Waals surface area contributed by atoms with E-state index in [0.717, 1.165) is 25.9 Å². The Bertz CT molecular complexity index is 702. The fourth-order valence-electron chi connectivity index (χ4n) is 2.83. The molecule has 1 fully saturated rings. The van der Waals surface area contributed by atoms with Gasteiger partial charge >= 0.3 is 0 Å². The molecule has 1 aromatic carbocycles. The number of nitrogens with one attached hydrogen (secondary N) is 3. The highest BCUT2D eigenvalue weighted by Gasteiger charge is 2.17. The lowest BCUT2D eigenvalue weighted by molar-refractivity contribution is -0.120. The third kappa shape index (κ3) is 5.86. The lowest BCUT2D eigenvalue weighted by Gasteiger charge is -2.11. The molecule has 1 unspecified atom stereocenters. The Hall–Kier alpha value is -1.84. The fourth-order valence-corrected chi connectivity index (χ4v) is 3.88. The summed E-state index contributed by atoms with van der Waals surface area (Å²) in [4.78, 5) is 11.9. The van der Waals surface area contributed by atoms with Crippen LogP contribution in [0.5, 0.6) is 11.5 Å². The third-order valence-electron chi connectivity index (χ3n) is 4.35. The Kier molecular flexibility index (Phi) is 7.67. The Morgan fingerprint density at radius 3 is 2.65 bits per heavy atom. The molecule has 146 valence electrons. The maximum atomic E-state index is 12.3. The molecule has 1 saturated heterocycles. The van der Waals surface area contributed by atoms with Gasteiger partial charge in [-0.25, -0.2) is 13.1 Å². The Morgan fingerprint density at radius 1 is 1.23 bits per heavy atom. The summed E-state index contributed by atoms with van der Waals surface area (Å²) in [5.74, 6) is 1.22. The summed E-state index contributed by atoms with van der Waals surface area (Å²) in [6.07, 6.45) is 2.17. The van der Waals surface area contributed by atoms with Crippen molar-refractivity contribution in [2.24, 2.45) is 5.92 Å². The topological polar surface area (TPSA) is 106 Å². The van der Waals surface area contributed by atoms with Crippen LogP contribution in [-0.4, -0.2) is 54.7 Å². The molecule has 0 saturated carbocycles. The second-order valence-electron chi connectivity index (χ2n) is 6.16. The van der Waals surface area contributed by atoms with E-state index in [4.69, 9.17) is 9.47 Å². The van der Waals surface area contributed by atoms with Crippen molar-refractivity contribution in [1.29, 1.82) is 0 Å². The van der Waals surface area contributed by atoms with E-state index in [0.29, 0.717) is 24.0 Å². The maximum absolute atomic E-state index is 12.3. The van der Waals surface area contributed by atoms with Crippen LogP contribution in [0.1, 0.15) is 19.3 Å². The highest BCUT2D eigenvalue weighted by atomic mass is 32.2. The Labute approximate surface area is 154 Å². The first-order valence-electron chi connectivity index (χ1n) is 8.65. The van der Waals surface area contributed by atoms with Crippen molar-refractivity contribution in [1.82, 2.24) is 15.4 Å². The number of carbonyl (C=O) groups excluding carboxylic acids is 1. The predicted molar refractivity (Wildman–Crippen MR) is 98.0 cm³/mol. The minimum Gasteiger partial charge on any atom is -0.493 e. The van der Waals surface area contributed by atoms with E-state index in [9.17, 15) is 13.2 Å². The zero-order chi connectivity index (χ0) is 19.0. The average Bonchev–Trinajstić information content (AvgIpc) is 3.14. The number of hydrogen-bond acceptors (Lipinski definition) is 6. The summed E-state index contributed by atoms with van der Waals surface area (Å²) >= 11 is 0. The number of carbonyl (C=O) groups is 1. The lowest BCUT2D eigenvalue weighted by atomic mass is 10.1. The zero-order valence-corrected chi connectivity index (χ0v) is 16.0. The molecule has 9 heteroatoms. The van der Waals surface area contributed by atoms with Gasteiger partial charge in [0.05, 0.1) is 19.1 Å². The Morgan fingerprint density at radius 2 is 2.00 bits per heavy atom. The van der Waals surface area contributed by atoms with E-state index in [1.807, 2.05) is 0 Å². The van der Waals surface area contributed by atoms with Crippen molar-refractivity contribution in [2.75, 3.05) is 40.4 Å². The van der Waals surface area contributed by atoms with Crippen LogP contribution in [0.3, 0.4) is 0 Å². The van der Waals surface area contributed by atoms with E-state index in [1.54, 1.807) is 0 Å².